The summed E-state index contributed by atoms with van der Waals surface area (Å²) in [6.45, 7) is 3.72. The van der Waals surface area contributed by atoms with Crippen molar-refractivity contribution in [2.24, 2.45) is 0 Å². The molecule has 1 aliphatic rings. The molecule has 192 valence electrons. The van der Waals surface area contributed by atoms with Crippen molar-refractivity contribution in [1.29, 1.82) is 0 Å². The van der Waals surface area contributed by atoms with Crippen LogP contribution >= 0.6 is 0 Å². The monoisotopic (exact) mass is 521 g/mol. The fraction of sp³-hybridized carbons (Fsp3) is 0.308. The Hall–Kier alpha value is -3.83. The SMILES string of the molecule is CC(c1nc([C@@H]2CC[C@@H](C)N(C(=O)c3ccccc3-n3nccn3)C2)oc1-c1ccccc1)S(=O)(=O)O. The Labute approximate surface area is 214 Å². The van der Waals surface area contributed by atoms with E-state index in [0.717, 1.165) is 0 Å². The Kier molecular flexibility index (Phi) is 6.65. The molecule has 5 rings (SSSR count). The van der Waals surface area contributed by atoms with Crippen LogP contribution < -0.4 is 0 Å². The molecule has 1 unspecified atom stereocenters. The number of amides is 1. The molecule has 3 heterocycles. The van der Waals surface area contributed by atoms with E-state index in [2.05, 4.69) is 15.2 Å². The zero-order chi connectivity index (χ0) is 26.2. The van der Waals surface area contributed by atoms with Crippen molar-refractivity contribution < 1.29 is 22.2 Å². The second-order valence-electron chi connectivity index (χ2n) is 9.21. The van der Waals surface area contributed by atoms with Crippen molar-refractivity contribution in [2.75, 3.05) is 6.54 Å². The summed E-state index contributed by atoms with van der Waals surface area (Å²) < 4.78 is 39.9. The standard InChI is InChI=1S/C26H27N5O5S/c1-17-12-13-20(16-30(17)26(32)21-10-6-7-11-22(21)31-27-14-15-28-31)25-29-23(18(2)37(33,34)35)24(36-25)19-8-4-3-5-9-19/h3-11,14-15,17-18,20H,12-13,16H2,1-2H3,(H,33,34,35)/t17-,18?,20-/m1/s1. The van der Waals surface area contributed by atoms with Crippen LogP contribution in [0.15, 0.2) is 71.4 Å². The van der Waals surface area contributed by atoms with Crippen LogP contribution in [0.4, 0.5) is 0 Å². The van der Waals surface area contributed by atoms with Crippen LogP contribution in [0, 0.1) is 0 Å². The first kappa shape index (κ1) is 24.8. The number of hydrogen-bond donors (Lipinski definition) is 1. The molecule has 1 N–H and O–H groups in total. The maximum atomic E-state index is 13.7. The van der Waals surface area contributed by atoms with E-state index in [1.807, 2.05) is 31.2 Å². The lowest BCUT2D eigenvalue weighted by molar-refractivity contribution is 0.0597. The lowest BCUT2D eigenvalue weighted by atomic mass is 9.92. The maximum Gasteiger partial charge on any atom is 0.273 e. The molecule has 0 aliphatic carbocycles. The number of benzene rings is 2. The van der Waals surface area contributed by atoms with Crippen LogP contribution in [0.5, 0.6) is 0 Å². The molecule has 4 aromatic rings. The molecule has 1 fully saturated rings. The van der Waals surface area contributed by atoms with Gasteiger partial charge in [0.2, 0.25) is 0 Å². The quantitative estimate of drug-likeness (QED) is 0.372. The number of oxazole rings is 1. The first-order valence-corrected chi connectivity index (χ1v) is 13.5. The van der Waals surface area contributed by atoms with Gasteiger partial charge in [0.25, 0.3) is 16.0 Å². The van der Waals surface area contributed by atoms with Gasteiger partial charge >= 0.3 is 0 Å². The van der Waals surface area contributed by atoms with E-state index < -0.39 is 15.4 Å². The Morgan fingerprint density at radius 1 is 1.05 bits per heavy atom. The summed E-state index contributed by atoms with van der Waals surface area (Å²) in [5, 5.41) is 7.08. The molecule has 2 aromatic carbocycles. The van der Waals surface area contributed by atoms with Gasteiger partial charge in [-0.15, -0.1) is 0 Å². The van der Waals surface area contributed by atoms with E-state index in [-0.39, 0.29) is 23.6 Å². The molecule has 37 heavy (non-hydrogen) atoms. The highest BCUT2D eigenvalue weighted by molar-refractivity contribution is 7.86. The van der Waals surface area contributed by atoms with Crippen molar-refractivity contribution in [3.05, 3.63) is 84.1 Å². The molecule has 0 saturated carbocycles. The van der Waals surface area contributed by atoms with Crippen LogP contribution in [0.1, 0.15) is 59.8 Å². The van der Waals surface area contributed by atoms with Crippen LogP contribution in [-0.4, -0.2) is 56.3 Å². The van der Waals surface area contributed by atoms with E-state index in [9.17, 15) is 17.8 Å². The number of carbonyl (C=O) groups is 1. The van der Waals surface area contributed by atoms with E-state index >= 15 is 0 Å². The molecular formula is C26H27N5O5S. The molecule has 3 atom stereocenters. The average Bonchev–Trinajstić information content (AvgIpc) is 3.59. The molecule has 10 nitrogen and oxygen atoms in total. The minimum atomic E-state index is -4.40. The lowest BCUT2D eigenvalue weighted by Crippen LogP contribution is -2.45. The van der Waals surface area contributed by atoms with Crippen LogP contribution in [0.3, 0.4) is 0 Å². The third-order valence-electron chi connectivity index (χ3n) is 6.80. The van der Waals surface area contributed by atoms with Crippen molar-refractivity contribution >= 4 is 16.0 Å². The normalized spacial score (nSPS) is 19.1. The third kappa shape index (κ3) is 4.92. The van der Waals surface area contributed by atoms with E-state index in [4.69, 9.17) is 4.42 Å². The molecule has 1 amide bonds. The topological polar surface area (TPSA) is 131 Å². The number of para-hydroxylation sites is 1. The van der Waals surface area contributed by atoms with Crippen molar-refractivity contribution in [3.63, 3.8) is 0 Å². The number of piperidine rings is 1. The molecule has 11 heteroatoms. The average molecular weight is 522 g/mol. The van der Waals surface area contributed by atoms with Gasteiger partial charge in [-0.3, -0.25) is 9.35 Å². The Morgan fingerprint density at radius 3 is 2.43 bits per heavy atom. The molecule has 0 spiro atoms. The van der Waals surface area contributed by atoms with Crippen molar-refractivity contribution in [1.82, 2.24) is 24.9 Å². The highest BCUT2D eigenvalue weighted by Crippen LogP contribution is 2.38. The minimum absolute atomic E-state index is 0.0258. The van der Waals surface area contributed by atoms with Gasteiger partial charge in [-0.25, -0.2) is 4.98 Å². The second-order valence-corrected chi connectivity index (χ2v) is 10.9. The fourth-order valence-corrected chi connectivity index (χ4v) is 5.09. The van der Waals surface area contributed by atoms with Gasteiger partial charge in [-0.05, 0) is 38.8 Å². The van der Waals surface area contributed by atoms with Gasteiger partial charge in [-0.2, -0.15) is 23.4 Å². The van der Waals surface area contributed by atoms with Gasteiger partial charge < -0.3 is 9.32 Å². The van der Waals surface area contributed by atoms with E-state index in [0.29, 0.717) is 47.9 Å². The summed E-state index contributed by atoms with van der Waals surface area (Å²) >= 11 is 0. The Balaban J connectivity index is 1.49. The lowest BCUT2D eigenvalue weighted by Gasteiger charge is -2.37. The number of likely N-dealkylation sites (tertiary alicyclic amines) is 1. The van der Waals surface area contributed by atoms with Gasteiger partial charge in [0.1, 0.15) is 10.9 Å². The molecule has 2 aromatic heterocycles. The Morgan fingerprint density at radius 2 is 1.73 bits per heavy atom. The predicted molar refractivity (Wildman–Crippen MR) is 136 cm³/mol. The van der Waals surface area contributed by atoms with Crippen molar-refractivity contribution in [3.8, 4) is 17.0 Å². The summed E-state index contributed by atoms with van der Waals surface area (Å²) in [7, 11) is -4.40. The van der Waals surface area contributed by atoms with E-state index in [1.165, 1.54) is 11.7 Å². The Bertz CT molecular complexity index is 1500. The van der Waals surface area contributed by atoms with Crippen molar-refractivity contribution in [2.45, 2.75) is 43.9 Å². The summed E-state index contributed by atoms with van der Waals surface area (Å²) in [6.07, 6.45) is 4.53. The molecule has 1 aliphatic heterocycles. The van der Waals surface area contributed by atoms with Crippen LogP contribution in [-0.2, 0) is 10.1 Å². The summed E-state index contributed by atoms with van der Waals surface area (Å²) in [4.78, 5) is 21.5. The van der Waals surface area contributed by atoms with Gasteiger partial charge in [0.15, 0.2) is 11.7 Å². The fourth-order valence-electron chi connectivity index (χ4n) is 4.65. The predicted octanol–water partition coefficient (Wildman–Crippen LogP) is 4.28. The second kappa shape index (κ2) is 9.91. The number of hydrogen-bond acceptors (Lipinski definition) is 7. The van der Waals surface area contributed by atoms with E-state index in [1.54, 1.807) is 47.6 Å². The number of rotatable bonds is 6. The molecule has 0 bridgehead atoms. The van der Waals surface area contributed by atoms with Crippen LogP contribution in [0.25, 0.3) is 17.0 Å². The highest BCUT2D eigenvalue weighted by atomic mass is 32.2. The van der Waals surface area contributed by atoms with Crippen LogP contribution in [0.2, 0.25) is 0 Å². The summed E-state index contributed by atoms with van der Waals surface area (Å²) in [6, 6.07) is 16.2. The third-order valence-corrected chi connectivity index (χ3v) is 7.92. The first-order chi connectivity index (χ1) is 17.7. The minimum Gasteiger partial charge on any atom is -0.440 e. The zero-order valence-corrected chi connectivity index (χ0v) is 21.2. The van der Waals surface area contributed by atoms with Gasteiger partial charge in [-0.1, -0.05) is 42.5 Å². The molecule has 0 radical (unpaired) electrons. The summed E-state index contributed by atoms with van der Waals surface area (Å²) in [5.41, 5.74) is 1.86. The molecule has 1 saturated heterocycles. The number of nitrogens with zero attached hydrogens (tertiary/aromatic N) is 5. The largest absolute Gasteiger partial charge is 0.440 e. The summed E-state index contributed by atoms with van der Waals surface area (Å²) in [5.74, 6) is 0.231. The first-order valence-electron chi connectivity index (χ1n) is 12.0. The number of carbonyl (C=O) groups excluding carboxylic acids is 1. The maximum absolute atomic E-state index is 13.7. The van der Waals surface area contributed by atoms with Gasteiger partial charge in [0, 0.05) is 18.2 Å². The molecular weight excluding hydrogens is 494 g/mol. The van der Waals surface area contributed by atoms with Gasteiger partial charge in [0.05, 0.1) is 29.6 Å². The zero-order valence-electron chi connectivity index (χ0n) is 20.4. The smallest absolute Gasteiger partial charge is 0.273 e. The number of aromatic nitrogens is 4. The highest BCUT2D eigenvalue weighted by Gasteiger charge is 2.36.